The van der Waals surface area contributed by atoms with Crippen LogP contribution in [0.4, 0.5) is 5.69 Å². The third-order valence-corrected chi connectivity index (χ3v) is 3.20. The van der Waals surface area contributed by atoms with Crippen LogP contribution in [0, 0.1) is 0 Å². The molecule has 1 heterocycles. The van der Waals surface area contributed by atoms with Crippen LogP contribution in [0.1, 0.15) is 11.1 Å². The van der Waals surface area contributed by atoms with Crippen molar-refractivity contribution < 1.29 is 13.2 Å². The summed E-state index contributed by atoms with van der Waals surface area (Å²) in [6.07, 6.45) is 0.220. The lowest BCUT2D eigenvalue weighted by Gasteiger charge is -2.04. The molecule has 0 saturated heterocycles. The van der Waals surface area contributed by atoms with Gasteiger partial charge >= 0.3 is 0 Å². The molecule has 4 nitrogen and oxygen atoms in total. The quantitative estimate of drug-likeness (QED) is 0.798. The molecule has 0 unspecified atom stereocenters. The average molecular weight is 246 g/mol. The maximum absolute atomic E-state index is 11.1. The molecule has 1 aromatic rings. The predicted octanol–water partition coefficient (Wildman–Crippen LogP) is 1.25. The molecule has 0 bridgehead atoms. The van der Waals surface area contributed by atoms with Crippen LogP contribution in [0.2, 0.25) is 0 Å². The minimum absolute atomic E-state index is 0.121. The van der Waals surface area contributed by atoms with Crippen LogP contribution < -0.4 is 5.32 Å². The smallest absolute Gasteiger partial charge is 0.236 e. The van der Waals surface area contributed by atoms with Gasteiger partial charge in [-0.2, -0.15) is 0 Å². The van der Waals surface area contributed by atoms with Crippen LogP contribution in [0.25, 0.3) is 0 Å². The summed E-state index contributed by atoms with van der Waals surface area (Å²) in [5.74, 6) is -0.364. The molecule has 6 heteroatoms. The van der Waals surface area contributed by atoms with E-state index in [2.05, 4.69) is 5.32 Å². The van der Waals surface area contributed by atoms with Crippen molar-refractivity contribution in [3.8, 4) is 0 Å². The van der Waals surface area contributed by atoms with Crippen LogP contribution in [0.5, 0.6) is 0 Å². The number of hydrogen-bond donors (Lipinski definition) is 1. The predicted molar refractivity (Wildman–Crippen MR) is 57.3 cm³/mol. The second kappa shape index (κ2) is 3.50. The van der Waals surface area contributed by atoms with Gasteiger partial charge in [0, 0.05) is 16.4 Å². The number of anilines is 1. The average Bonchev–Trinajstić information content (AvgIpc) is 2.43. The molecular weight excluding hydrogens is 238 g/mol. The lowest BCUT2D eigenvalue weighted by molar-refractivity contribution is -0.115. The van der Waals surface area contributed by atoms with E-state index in [0.717, 1.165) is 5.56 Å². The summed E-state index contributed by atoms with van der Waals surface area (Å²) in [4.78, 5) is 11.1. The first-order chi connectivity index (χ1) is 6.96. The maximum atomic E-state index is 11.1. The highest BCUT2D eigenvalue weighted by molar-refractivity contribution is 8.13. The van der Waals surface area contributed by atoms with Crippen molar-refractivity contribution in [1.82, 2.24) is 0 Å². The van der Waals surface area contributed by atoms with Crippen molar-refractivity contribution >= 4 is 31.3 Å². The monoisotopic (exact) mass is 245 g/mol. The van der Waals surface area contributed by atoms with Crippen LogP contribution in [-0.4, -0.2) is 14.3 Å². The van der Waals surface area contributed by atoms with E-state index in [9.17, 15) is 13.2 Å². The highest BCUT2D eigenvalue weighted by Gasteiger charge is 2.22. The van der Waals surface area contributed by atoms with Gasteiger partial charge in [-0.25, -0.2) is 8.42 Å². The highest BCUT2D eigenvalue weighted by atomic mass is 35.7. The normalized spacial score (nSPS) is 14.9. The number of hydrogen-bond acceptors (Lipinski definition) is 3. The molecule has 0 fully saturated rings. The van der Waals surface area contributed by atoms with E-state index in [1.54, 1.807) is 18.2 Å². The summed E-state index contributed by atoms with van der Waals surface area (Å²) < 4.78 is 21.9. The molecule has 0 radical (unpaired) electrons. The Morgan fingerprint density at radius 3 is 2.80 bits per heavy atom. The first-order valence-corrected chi connectivity index (χ1v) is 6.76. The Morgan fingerprint density at radius 2 is 2.13 bits per heavy atom. The largest absolute Gasteiger partial charge is 0.326 e. The summed E-state index contributed by atoms with van der Waals surface area (Å²) in [5.41, 5.74) is 1.99. The molecule has 1 aliphatic rings. The van der Waals surface area contributed by atoms with Crippen LogP contribution in [-0.2, 0) is 26.0 Å². The Kier molecular flexibility index (Phi) is 2.44. The van der Waals surface area contributed by atoms with Crippen LogP contribution >= 0.6 is 10.7 Å². The first kappa shape index (κ1) is 10.4. The number of carbonyl (C=O) groups is 1. The van der Waals surface area contributed by atoms with Gasteiger partial charge in [-0.15, -0.1) is 0 Å². The van der Waals surface area contributed by atoms with Crippen molar-refractivity contribution in [2.24, 2.45) is 0 Å². The van der Waals surface area contributed by atoms with Gasteiger partial charge in [-0.05, 0) is 17.2 Å². The number of rotatable bonds is 2. The summed E-state index contributed by atoms with van der Waals surface area (Å²) in [7, 11) is 1.59. The zero-order valence-corrected chi connectivity index (χ0v) is 9.23. The number of amides is 1. The highest BCUT2D eigenvalue weighted by Crippen LogP contribution is 2.27. The number of nitrogens with one attached hydrogen (secondary N) is 1. The molecule has 0 aliphatic carbocycles. The van der Waals surface area contributed by atoms with Crippen LogP contribution in [0.3, 0.4) is 0 Å². The van der Waals surface area contributed by atoms with Gasteiger partial charge in [-0.1, -0.05) is 12.1 Å². The van der Waals surface area contributed by atoms with Gasteiger partial charge in [0.2, 0.25) is 15.0 Å². The van der Waals surface area contributed by atoms with Crippen LogP contribution in [0.15, 0.2) is 18.2 Å². The fourth-order valence-corrected chi connectivity index (χ4v) is 2.63. The fourth-order valence-electron chi connectivity index (χ4n) is 1.64. The SMILES string of the molecule is O=C1Cc2c(CS(=O)(=O)Cl)cccc2N1. The molecule has 2 rings (SSSR count). The van der Waals surface area contributed by atoms with Crippen molar-refractivity contribution in [3.63, 3.8) is 0 Å². The lowest BCUT2D eigenvalue weighted by atomic mass is 10.1. The lowest BCUT2D eigenvalue weighted by Crippen LogP contribution is -2.04. The summed E-state index contributed by atoms with van der Waals surface area (Å²) in [6.45, 7) is 0. The van der Waals surface area contributed by atoms with Gasteiger partial charge in [0.1, 0.15) is 0 Å². The molecule has 80 valence electrons. The van der Waals surface area contributed by atoms with Crippen molar-refractivity contribution in [3.05, 3.63) is 29.3 Å². The molecule has 0 spiro atoms. The maximum Gasteiger partial charge on any atom is 0.236 e. The number of halogens is 1. The van der Waals surface area contributed by atoms with Crippen molar-refractivity contribution in [2.75, 3.05) is 5.32 Å². The third-order valence-electron chi connectivity index (χ3n) is 2.21. The molecular formula is C9H8ClNO3S. The van der Waals surface area contributed by atoms with E-state index in [4.69, 9.17) is 10.7 Å². The number of fused-ring (bicyclic) bond motifs is 1. The zero-order valence-electron chi connectivity index (χ0n) is 7.66. The Bertz CT molecular complexity index is 524. The minimum atomic E-state index is -3.58. The topological polar surface area (TPSA) is 63.2 Å². The van der Waals surface area contributed by atoms with Crippen molar-refractivity contribution in [1.29, 1.82) is 0 Å². The van der Waals surface area contributed by atoms with Crippen molar-refractivity contribution in [2.45, 2.75) is 12.2 Å². The van der Waals surface area contributed by atoms with Gasteiger partial charge in [0.25, 0.3) is 0 Å². The Morgan fingerprint density at radius 1 is 1.40 bits per heavy atom. The van der Waals surface area contributed by atoms with E-state index >= 15 is 0 Å². The molecule has 1 N–H and O–H groups in total. The fraction of sp³-hybridized carbons (Fsp3) is 0.222. The van der Waals surface area contributed by atoms with E-state index in [1.807, 2.05) is 0 Å². The molecule has 0 saturated carbocycles. The zero-order chi connectivity index (χ0) is 11.1. The number of benzene rings is 1. The second-order valence-corrected chi connectivity index (χ2v) is 6.13. The number of carbonyl (C=O) groups excluding carboxylic acids is 1. The first-order valence-electron chi connectivity index (χ1n) is 4.29. The minimum Gasteiger partial charge on any atom is -0.326 e. The van der Waals surface area contributed by atoms with E-state index in [-0.39, 0.29) is 18.1 Å². The van der Waals surface area contributed by atoms with E-state index in [1.165, 1.54) is 0 Å². The summed E-state index contributed by atoms with van der Waals surface area (Å²) in [5, 5.41) is 2.65. The molecule has 1 aromatic carbocycles. The third kappa shape index (κ3) is 2.30. The Labute approximate surface area is 91.7 Å². The molecule has 1 amide bonds. The van der Waals surface area contributed by atoms with Gasteiger partial charge in [-0.3, -0.25) is 4.79 Å². The Hall–Kier alpha value is -1.07. The Balaban J connectivity index is 2.43. The second-order valence-electron chi connectivity index (χ2n) is 3.35. The molecule has 0 atom stereocenters. The van der Waals surface area contributed by atoms with E-state index in [0.29, 0.717) is 11.3 Å². The molecule has 1 aliphatic heterocycles. The summed E-state index contributed by atoms with van der Waals surface area (Å²) in [6, 6.07) is 5.10. The van der Waals surface area contributed by atoms with Gasteiger partial charge < -0.3 is 5.32 Å². The molecule has 15 heavy (non-hydrogen) atoms. The van der Waals surface area contributed by atoms with Gasteiger partial charge in [0.05, 0.1) is 12.2 Å². The molecule has 0 aromatic heterocycles. The van der Waals surface area contributed by atoms with E-state index < -0.39 is 9.05 Å². The van der Waals surface area contributed by atoms with Gasteiger partial charge in [0.15, 0.2) is 0 Å². The summed E-state index contributed by atoms with van der Waals surface area (Å²) >= 11 is 0. The standard InChI is InChI=1S/C9H8ClNO3S/c10-15(13,14)5-6-2-1-3-8-7(6)4-9(12)11-8/h1-3H,4-5H2,(H,11,12).